The van der Waals surface area contributed by atoms with Gasteiger partial charge in [0.1, 0.15) is 0 Å². The summed E-state index contributed by atoms with van der Waals surface area (Å²) in [7, 11) is 0. The molecule has 0 amide bonds. The Labute approximate surface area is 101 Å². The molecule has 1 aliphatic rings. The van der Waals surface area contributed by atoms with Gasteiger partial charge in [0, 0.05) is 12.0 Å². The summed E-state index contributed by atoms with van der Waals surface area (Å²) < 4.78 is 5.49. The summed E-state index contributed by atoms with van der Waals surface area (Å²) in [6.45, 7) is 1.52. The van der Waals surface area contributed by atoms with E-state index in [4.69, 9.17) is 4.74 Å². The number of hydrogen-bond acceptors (Lipinski definition) is 2. The highest BCUT2D eigenvalue weighted by atomic mass is 16.5. The molecule has 0 radical (unpaired) electrons. The second-order valence-electron chi connectivity index (χ2n) is 4.77. The van der Waals surface area contributed by atoms with Crippen LogP contribution in [0.4, 0.5) is 0 Å². The van der Waals surface area contributed by atoms with Gasteiger partial charge in [0.05, 0.1) is 13.2 Å². The van der Waals surface area contributed by atoms with Gasteiger partial charge in [-0.2, -0.15) is 0 Å². The van der Waals surface area contributed by atoms with E-state index in [1.807, 2.05) is 12.1 Å². The lowest BCUT2D eigenvalue weighted by Gasteiger charge is -2.26. The lowest BCUT2D eigenvalue weighted by molar-refractivity contribution is 0.141. The lowest BCUT2D eigenvalue weighted by Crippen LogP contribution is -2.31. The zero-order chi connectivity index (χ0) is 11.7. The minimum absolute atomic E-state index is 0.154. The first-order valence-corrected chi connectivity index (χ1v) is 6.03. The van der Waals surface area contributed by atoms with Crippen LogP contribution in [0.25, 0.3) is 10.8 Å². The van der Waals surface area contributed by atoms with Gasteiger partial charge in [-0.3, -0.25) is 0 Å². The van der Waals surface area contributed by atoms with E-state index in [0.29, 0.717) is 6.61 Å². The number of ether oxygens (including phenoxy) is 1. The number of rotatable bonds is 2. The number of benzene rings is 2. The third-order valence-electron chi connectivity index (χ3n) is 3.77. The average molecular weight is 228 g/mol. The van der Waals surface area contributed by atoms with Crippen LogP contribution < -0.4 is 0 Å². The standard InChI is InChI=1S/C15H16O2/c16-10-15(8-9-17-11-15)14-7-3-5-12-4-1-2-6-13(12)14/h1-7,16H,8-11H2/t15-/m0/s1. The van der Waals surface area contributed by atoms with Crippen molar-refractivity contribution in [2.24, 2.45) is 0 Å². The summed E-state index contributed by atoms with van der Waals surface area (Å²) in [5, 5.41) is 12.2. The first kappa shape index (κ1) is 10.8. The fraction of sp³-hybridized carbons (Fsp3) is 0.333. The van der Waals surface area contributed by atoms with Crippen molar-refractivity contribution in [3.63, 3.8) is 0 Å². The maximum absolute atomic E-state index is 9.75. The van der Waals surface area contributed by atoms with Crippen molar-refractivity contribution in [2.75, 3.05) is 19.8 Å². The van der Waals surface area contributed by atoms with Gasteiger partial charge in [-0.1, -0.05) is 42.5 Å². The molecule has 0 aromatic heterocycles. The average Bonchev–Trinajstić information content (AvgIpc) is 2.88. The summed E-state index contributed by atoms with van der Waals surface area (Å²) in [6, 6.07) is 14.6. The molecular formula is C15H16O2. The van der Waals surface area contributed by atoms with Crippen LogP contribution in [0.1, 0.15) is 12.0 Å². The highest BCUT2D eigenvalue weighted by molar-refractivity contribution is 5.86. The molecule has 0 aliphatic carbocycles. The van der Waals surface area contributed by atoms with Crippen LogP contribution in [0.15, 0.2) is 42.5 Å². The molecule has 1 aliphatic heterocycles. The van der Waals surface area contributed by atoms with Crippen molar-refractivity contribution in [3.05, 3.63) is 48.0 Å². The monoisotopic (exact) mass is 228 g/mol. The molecular weight excluding hydrogens is 212 g/mol. The van der Waals surface area contributed by atoms with E-state index in [2.05, 4.69) is 30.3 Å². The minimum atomic E-state index is -0.207. The van der Waals surface area contributed by atoms with Crippen molar-refractivity contribution in [1.29, 1.82) is 0 Å². The fourth-order valence-electron chi connectivity index (χ4n) is 2.72. The molecule has 0 bridgehead atoms. The number of hydrogen-bond donors (Lipinski definition) is 1. The minimum Gasteiger partial charge on any atom is -0.395 e. The van der Waals surface area contributed by atoms with Crippen molar-refractivity contribution in [3.8, 4) is 0 Å². The summed E-state index contributed by atoms with van der Waals surface area (Å²) in [4.78, 5) is 0. The first-order valence-electron chi connectivity index (χ1n) is 6.03. The predicted octanol–water partition coefficient (Wildman–Crippen LogP) is 2.49. The molecule has 2 aromatic carbocycles. The van der Waals surface area contributed by atoms with E-state index in [0.717, 1.165) is 13.0 Å². The molecule has 2 aromatic rings. The highest BCUT2D eigenvalue weighted by Gasteiger charge is 2.37. The van der Waals surface area contributed by atoms with Crippen LogP contribution in [0.5, 0.6) is 0 Å². The Bertz CT molecular complexity index is 522. The molecule has 3 rings (SSSR count). The third kappa shape index (κ3) is 1.65. The van der Waals surface area contributed by atoms with Crippen LogP contribution in [-0.4, -0.2) is 24.9 Å². The molecule has 1 N–H and O–H groups in total. The highest BCUT2D eigenvalue weighted by Crippen LogP contribution is 2.36. The van der Waals surface area contributed by atoms with E-state index >= 15 is 0 Å². The Morgan fingerprint density at radius 3 is 2.71 bits per heavy atom. The van der Waals surface area contributed by atoms with Gasteiger partial charge in [0.15, 0.2) is 0 Å². The van der Waals surface area contributed by atoms with E-state index < -0.39 is 0 Å². The second kappa shape index (κ2) is 4.13. The summed E-state index contributed by atoms with van der Waals surface area (Å²) in [6.07, 6.45) is 0.900. The van der Waals surface area contributed by atoms with Gasteiger partial charge in [-0.25, -0.2) is 0 Å². The van der Waals surface area contributed by atoms with Gasteiger partial charge in [0.2, 0.25) is 0 Å². The van der Waals surface area contributed by atoms with E-state index in [1.165, 1.54) is 16.3 Å². The summed E-state index contributed by atoms with van der Waals surface area (Å²) in [5.41, 5.74) is 1.01. The van der Waals surface area contributed by atoms with Crippen LogP contribution in [0.2, 0.25) is 0 Å². The Morgan fingerprint density at radius 2 is 1.94 bits per heavy atom. The van der Waals surface area contributed by atoms with Gasteiger partial charge in [0.25, 0.3) is 0 Å². The maximum Gasteiger partial charge on any atom is 0.0586 e. The SMILES string of the molecule is OC[C@@]1(c2cccc3ccccc23)CCOC1. The molecule has 17 heavy (non-hydrogen) atoms. The summed E-state index contributed by atoms with van der Waals surface area (Å²) >= 11 is 0. The lowest BCUT2D eigenvalue weighted by atomic mass is 9.78. The van der Waals surface area contributed by atoms with Crippen molar-refractivity contribution < 1.29 is 9.84 Å². The van der Waals surface area contributed by atoms with Crippen molar-refractivity contribution >= 4 is 10.8 Å². The van der Waals surface area contributed by atoms with Crippen LogP contribution in [0.3, 0.4) is 0 Å². The smallest absolute Gasteiger partial charge is 0.0586 e. The third-order valence-corrected chi connectivity index (χ3v) is 3.77. The van der Waals surface area contributed by atoms with Crippen LogP contribution in [0, 0.1) is 0 Å². The molecule has 0 saturated carbocycles. The van der Waals surface area contributed by atoms with E-state index in [-0.39, 0.29) is 12.0 Å². The van der Waals surface area contributed by atoms with Crippen molar-refractivity contribution in [1.82, 2.24) is 0 Å². The number of fused-ring (bicyclic) bond motifs is 1. The van der Waals surface area contributed by atoms with Gasteiger partial charge in [-0.15, -0.1) is 0 Å². The normalized spacial score (nSPS) is 24.3. The fourth-order valence-corrected chi connectivity index (χ4v) is 2.72. The molecule has 0 spiro atoms. The predicted molar refractivity (Wildman–Crippen MR) is 68.1 cm³/mol. The van der Waals surface area contributed by atoms with Crippen LogP contribution in [-0.2, 0) is 10.2 Å². The quantitative estimate of drug-likeness (QED) is 0.855. The Balaban J connectivity index is 2.22. The molecule has 1 atom stereocenters. The molecule has 1 heterocycles. The number of aliphatic hydroxyl groups excluding tert-OH is 1. The Hall–Kier alpha value is -1.38. The van der Waals surface area contributed by atoms with Crippen LogP contribution >= 0.6 is 0 Å². The van der Waals surface area contributed by atoms with Gasteiger partial charge >= 0.3 is 0 Å². The Morgan fingerprint density at radius 1 is 1.12 bits per heavy atom. The number of aliphatic hydroxyl groups is 1. The van der Waals surface area contributed by atoms with Gasteiger partial charge in [-0.05, 0) is 22.8 Å². The molecule has 2 heteroatoms. The molecule has 0 unspecified atom stereocenters. The first-order chi connectivity index (χ1) is 8.36. The molecule has 1 saturated heterocycles. The molecule has 1 fully saturated rings. The van der Waals surface area contributed by atoms with Crippen molar-refractivity contribution in [2.45, 2.75) is 11.8 Å². The zero-order valence-electron chi connectivity index (χ0n) is 9.73. The maximum atomic E-state index is 9.75. The van der Waals surface area contributed by atoms with E-state index in [1.54, 1.807) is 0 Å². The van der Waals surface area contributed by atoms with E-state index in [9.17, 15) is 5.11 Å². The second-order valence-corrected chi connectivity index (χ2v) is 4.77. The zero-order valence-corrected chi connectivity index (χ0v) is 9.73. The largest absolute Gasteiger partial charge is 0.395 e. The Kier molecular flexibility index (Phi) is 2.61. The molecule has 2 nitrogen and oxygen atoms in total. The molecule has 88 valence electrons. The summed E-state index contributed by atoms with van der Waals surface area (Å²) in [5.74, 6) is 0. The van der Waals surface area contributed by atoms with Gasteiger partial charge < -0.3 is 9.84 Å². The topological polar surface area (TPSA) is 29.5 Å².